The van der Waals surface area contributed by atoms with Crippen molar-refractivity contribution in [1.82, 2.24) is 19.7 Å². The Labute approximate surface area is 203 Å². The highest BCUT2D eigenvalue weighted by atomic mass is 35.5. The Balaban J connectivity index is 1.93. The molecule has 0 amide bonds. The maximum absolute atomic E-state index is 15.7. The minimum atomic E-state index is -0.479. The van der Waals surface area contributed by atoms with Gasteiger partial charge in [0, 0.05) is 6.04 Å². The summed E-state index contributed by atoms with van der Waals surface area (Å²) in [6, 6.07) is 0.178. The monoisotopic (exact) mass is 489 g/mol. The van der Waals surface area contributed by atoms with Crippen LogP contribution in [0.25, 0.3) is 4.91 Å². The third-order valence-electron chi connectivity index (χ3n) is 5.76. The molecule has 176 valence electrons. The quantitative estimate of drug-likeness (QED) is 0.296. The van der Waals surface area contributed by atoms with Crippen molar-refractivity contribution in [1.29, 1.82) is 5.26 Å². The van der Waals surface area contributed by atoms with E-state index in [2.05, 4.69) is 39.2 Å². The molecule has 7 nitrogen and oxygen atoms in total. The normalized spacial score (nSPS) is 18.6. The lowest BCUT2D eigenvalue weighted by Gasteiger charge is -2.32. The lowest BCUT2D eigenvalue weighted by atomic mass is 9.82. The van der Waals surface area contributed by atoms with Crippen molar-refractivity contribution in [3.8, 4) is 5.40 Å². The smallest absolute Gasteiger partial charge is 0.193 e. The first-order valence-corrected chi connectivity index (χ1v) is 12.3. The first-order valence-electron chi connectivity index (χ1n) is 11.1. The number of thiocyanates is 1. The van der Waals surface area contributed by atoms with Crippen molar-refractivity contribution in [3.63, 3.8) is 0 Å². The summed E-state index contributed by atoms with van der Waals surface area (Å²) in [6.45, 7) is 7.79. The van der Waals surface area contributed by atoms with Gasteiger partial charge < -0.3 is 10.6 Å². The molecule has 1 saturated carbocycles. The van der Waals surface area contributed by atoms with Gasteiger partial charge in [-0.05, 0) is 49.9 Å². The zero-order valence-electron chi connectivity index (χ0n) is 18.9. The van der Waals surface area contributed by atoms with E-state index in [9.17, 15) is 5.26 Å². The molecule has 2 N–H and O–H groups in total. The first kappa shape index (κ1) is 25.1. The molecular formula is C23H29ClFN7S. The van der Waals surface area contributed by atoms with Gasteiger partial charge in [0.2, 0.25) is 0 Å². The summed E-state index contributed by atoms with van der Waals surface area (Å²) in [4.78, 5) is 8.86. The van der Waals surface area contributed by atoms with Gasteiger partial charge in [0.15, 0.2) is 11.6 Å². The summed E-state index contributed by atoms with van der Waals surface area (Å²) in [5.41, 5.74) is 0.840. The zero-order chi connectivity index (χ0) is 23.8. The van der Waals surface area contributed by atoms with E-state index in [1.165, 1.54) is 23.4 Å². The van der Waals surface area contributed by atoms with E-state index >= 15 is 4.39 Å². The predicted molar refractivity (Wildman–Crippen MR) is 133 cm³/mol. The number of hydrogen-bond acceptors (Lipinski definition) is 7. The van der Waals surface area contributed by atoms with Crippen LogP contribution < -0.4 is 10.6 Å². The molecule has 2 aromatic heterocycles. The highest BCUT2D eigenvalue weighted by molar-refractivity contribution is 8.12. The number of nitriles is 1. The second kappa shape index (κ2) is 12.1. The number of nitrogens with one attached hydrogen (secondary N) is 2. The molecule has 2 aromatic rings. The topological polar surface area (TPSA) is 91.5 Å². The Bertz CT molecular complexity index is 1040. The van der Waals surface area contributed by atoms with E-state index < -0.39 is 5.82 Å². The molecular weight excluding hydrogens is 461 g/mol. The van der Waals surface area contributed by atoms with Gasteiger partial charge in [-0.15, -0.1) is 5.10 Å². The van der Waals surface area contributed by atoms with Crippen LogP contribution in [0.5, 0.6) is 0 Å². The van der Waals surface area contributed by atoms with Crippen molar-refractivity contribution in [2.24, 2.45) is 5.92 Å². The van der Waals surface area contributed by atoms with E-state index in [4.69, 9.17) is 11.6 Å². The number of aryl methyl sites for hydroxylation is 1. The average molecular weight is 490 g/mol. The van der Waals surface area contributed by atoms with Crippen molar-refractivity contribution >= 4 is 39.9 Å². The summed E-state index contributed by atoms with van der Waals surface area (Å²) in [7, 11) is 0. The van der Waals surface area contributed by atoms with Gasteiger partial charge in [0.1, 0.15) is 28.7 Å². The number of nitrogens with zero attached hydrogens (tertiary/aromatic N) is 5. The number of anilines is 2. The van der Waals surface area contributed by atoms with Crippen LogP contribution in [0, 0.1) is 29.3 Å². The Hall–Kier alpha value is -2.57. The van der Waals surface area contributed by atoms with Crippen molar-refractivity contribution < 1.29 is 4.39 Å². The Morgan fingerprint density at radius 3 is 2.91 bits per heavy atom. The summed E-state index contributed by atoms with van der Waals surface area (Å²) < 4.78 is 17.2. The van der Waals surface area contributed by atoms with Crippen LogP contribution in [0.1, 0.15) is 56.8 Å². The van der Waals surface area contributed by atoms with E-state index in [1.807, 2.05) is 5.40 Å². The molecule has 3 rings (SSSR count). The van der Waals surface area contributed by atoms with Gasteiger partial charge in [-0.2, -0.15) is 5.26 Å². The number of aromatic nitrogens is 4. The molecule has 0 aliphatic heterocycles. The summed E-state index contributed by atoms with van der Waals surface area (Å²) in [5.74, 6) is 0.742. The number of allylic oxidation sites excluding steroid dienone is 2. The second-order valence-corrected chi connectivity index (χ2v) is 9.23. The molecule has 2 heterocycles. The molecule has 1 fully saturated rings. The molecule has 0 spiro atoms. The number of rotatable bonds is 10. The molecule has 0 aromatic carbocycles. The van der Waals surface area contributed by atoms with Gasteiger partial charge in [0.25, 0.3) is 0 Å². The molecule has 1 aliphatic carbocycles. The third kappa shape index (κ3) is 6.27. The molecule has 2 unspecified atom stereocenters. The van der Waals surface area contributed by atoms with Crippen LogP contribution in [0.3, 0.4) is 0 Å². The molecule has 1 aliphatic rings. The highest BCUT2D eigenvalue weighted by Gasteiger charge is 2.28. The van der Waals surface area contributed by atoms with Crippen LogP contribution in [0.4, 0.5) is 16.0 Å². The maximum atomic E-state index is 15.7. The second-order valence-electron chi connectivity index (χ2n) is 8.02. The summed E-state index contributed by atoms with van der Waals surface area (Å²) in [5, 5.41) is 22.6. The van der Waals surface area contributed by atoms with Gasteiger partial charge in [0.05, 0.1) is 16.8 Å². The molecule has 0 bridgehead atoms. The number of hydrogen-bond donors (Lipinski definition) is 2. The molecule has 0 radical (unpaired) electrons. The molecule has 33 heavy (non-hydrogen) atoms. The lowest BCUT2D eigenvalue weighted by molar-refractivity contribution is 0.305. The van der Waals surface area contributed by atoms with Gasteiger partial charge in [-0.3, -0.25) is 0 Å². The molecule has 2 atom stereocenters. The fraction of sp³-hybridized carbons (Fsp3) is 0.478. The van der Waals surface area contributed by atoms with Gasteiger partial charge in [-0.25, -0.2) is 19.0 Å². The summed E-state index contributed by atoms with van der Waals surface area (Å²) in [6.07, 6.45) is 11.3. The number of halogens is 2. The highest BCUT2D eigenvalue weighted by Crippen LogP contribution is 2.35. The molecule has 10 heteroatoms. The van der Waals surface area contributed by atoms with Gasteiger partial charge >= 0.3 is 0 Å². The Morgan fingerprint density at radius 1 is 1.42 bits per heavy atom. The van der Waals surface area contributed by atoms with Crippen molar-refractivity contribution in [2.75, 3.05) is 10.6 Å². The Morgan fingerprint density at radius 2 is 2.21 bits per heavy atom. The van der Waals surface area contributed by atoms with Gasteiger partial charge in [-0.1, -0.05) is 50.4 Å². The molecule has 0 saturated heterocycles. The largest absolute Gasteiger partial charge is 0.363 e. The number of thioether (sulfide) groups is 1. The van der Waals surface area contributed by atoms with Crippen molar-refractivity contribution in [3.05, 3.63) is 47.3 Å². The average Bonchev–Trinajstić information content (AvgIpc) is 3.09. The fourth-order valence-electron chi connectivity index (χ4n) is 4.27. The van der Waals surface area contributed by atoms with Crippen LogP contribution >= 0.6 is 23.4 Å². The minimum absolute atomic E-state index is 0.134. The standard InChI is InChI=1S/C23H29ClFN7S/c1-4-8-16-10-6-7-11-17(16)30-23-20(25)21(18(9-5-2)33-13-26)32(31-23)14-28-22-15(3)29-19(24)12-27-22/h5,9,12,16-17H,2,4,6-8,10-11,14H2,1,3H3,(H,27,28)(H,30,31)/b18-9-. The van der Waals surface area contributed by atoms with Crippen molar-refractivity contribution in [2.45, 2.75) is 65.1 Å². The Kier molecular flexibility index (Phi) is 9.15. The van der Waals surface area contributed by atoms with E-state index in [-0.39, 0.29) is 24.2 Å². The van der Waals surface area contributed by atoms with E-state index in [0.717, 1.165) is 43.9 Å². The lowest BCUT2D eigenvalue weighted by Crippen LogP contribution is -2.32. The zero-order valence-corrected chi connectivity index (χ0v) is 20.5. The first-order chi connectivity index (χ1) is 16.0. The fourth-order valence-corrected chi connectivity index (χ4v) is 5.00. The maximum Gasteiger partial charge on any atom is 0.193 e. The van der Waals surface area contributed by atoms with Crippen LogP contribution in [-0.2, 0) is 6.67 Å². The minimum Gasteiger partial charge on any atom is -0.363 e. The van der Waals surface area contributed by atoms with Crippen LogP contribution in [-0.4, -0.2) is 25.8 Å². The van der Waals surface area contributed by atoms with Crippen LogP contribution in [0.2, 0.25) is 5.15 Å². The SMILES string of the molecule is C=C/C=C(\SC#N)c1c(F)c(NC2CCCCC2CCC)nn1CNc1ncc(Cl)nc1C. The van der Waals surface area contributed by atoms with E-state index in [1.54, 1.807) is 13.0 Å². The van der Waals surface area contributed by atoms with E-state index in [0.29, 0.717) is 27.5 Å². The third-order valence-corrected chi connectivity index (χ3v) is 6.58. The van der Waals surface area contributed by atoms with Crippen LogP contribution in [0.15, 0.2) is 24.9 Å². The predicted octanol–water partition coefficient (Wildman–Crippen LogP) is 6.36. The summed E-state index contributed by atoms with van der Waals surface area (Å²) >= 11 is 6.77.